The van der Waals surface area contributed by atoms with Crippen LogP contribution in [0.15, 0.2) is 65.1 Å². The van der Waals surface area contributed by atoms with Gasteiger partial charge < -0.3 is 14.5 Å². The lowest BCUT2D eigenvalue weighted by atomic mass is 10.1. The van der Waals surface area contributed by atoms with Gasteiger partial charge in [-0.05, 0) is 47.5 Å². The molecule has 3 rings (SSSR count). The number of nitriles is 1. The first kappa shape index (κ1) is 17.6. The van der Waals surface area contributed by atoms with E-state index in [2.05, 4.69) is 11.4 Å². The molecule has 26 heavy (non-hydrogen) atoms. The molecule has 0 unspecified atom stereocenters. The Balaban J connectivity index is 1.67. The molecule has 5 nitrogen and oxygen atoms in total. The summed E-state index contributed by atoms with van der Waals surface area (Å²) in [6.07, 6.45) is 0.367. The Labute approximate surface area is 155 Å². The molecule has 6 heteroatoms. The summed E-state index contributed by atoms with van der Waals surface area (Å²) in [6.45, 7) is 0.285. The van der Waals surface area contributed by atoms with E-state index < -0.39 is 0 Å². The first-order valence-corrected chi connectivity index (χ1v) is 8.27. The van der Waals surface area contributed by atoms with Gasteiger partial charge in [-0.25, -0.2) is 0 Å². The highest BCUT2D eigenvalue weighted by Gasteiger charge is 2.13. The molecular weight excluding hydrogens is 352 g/mol. The first-order valence-electron chi connectivity index (χ1n) is 7.89. The Bertz CT molecular complexity index is 942. The molecule has 1 N–H and O–H groups in total. The predicted octanol–water partition coefficient (Wildman–Crippen LogP) is 4.83. The van der Waals surface area contributed by atoms with E-state index in [4.69, 9.17) is 26.0 Å². The van der Waals surface area contributed by atoms with Crippen LogP contribution >= 0.6 is 11.6 Å². The minimum atomic E-state index is -0.384. The average Bonchev–Trinajstić information content (AvgIpc) is 3.09. The molecule has 0 atom stereocenters. The Morgan fingerprint density at radius 2 is 1.88 bits per heavy atom. The van der Waals surface area contributed by atoms with Gasteiger partial charge in [0.1, 0.15) is 12.4 Å². The summed E-state index contributed by atoms with van der Waals surface area (Å²) < 4.78 is 10.9. The largest absolute Gasteiger partial charge is 0.489 e. The van der Waals surface area contributed by atoms with Crippen molar-refractivity contribution < 1.29 is 13.9 Å². The molecule has 1 aromatic heterocycles. The Kier molecular flexibility index (Phi) is 5.57. The van der Waals surface area contributed by atoms with Gasteiger partial charge in [0, 0.05) is 11.3 Å². The van der Waals surface area contributed by atoms with Crippen LogP contribution in [-0.4, -0.2) is 5.91 Å². The van der Waals surface area contributed by atoms with Gasteiger partial charge in [0.05, 0.1) is 12.5 Å². The fourth-order valence-corrected chi connectivity index (χ4v) is 2.49. The molecule has 0 fully saturated rings. The summed E-state index contributed by atoms with van der Waals surface area (Å²) in [5, 5.41) is 11.7. The number of amides is 1. The number of anilines is 1. The summed E-state index contributed by atoms with van der Waals surface area (Å²) in [6, 6.07) is 19.8. The van der Waals surface area contributed by atoms with Crippen molar-refractivity contribution in [3.05, 3.63) is 82.8 Å². The molecule has 0 saturated carbocycles. The van der Waals surface area contributed by atoms with E-state index in [0.29, 0.717) is 17.9 Å². The van der Waals surface area contributed by atoms with Crippen LogP contribution in [0.5, 0.6) is 5.75 Å². The van der Waals surface area contributed by atoms with Crippen molar-refractivity contribution in [2.24, 2.45) is 0 Å². The minimum absolute atomic E-state index is 0.138. The van der Waals surface area contributed by atoms with E-state index >= 15 is 0 Å². The smallest absolute Gasteiger partial charge is 0.291 e. The zero-order chi connectivity index (χ0) is 18.4. The van der Waals surface area contributed by atoms with Crippen molar-refractivity contribution in [2.45, 2.75) is 13.0 Å². The third-order valence-corrected chi connectivity index (χ3v) is 3.87. The maximum Gasteiger partial charge on any atom is 0.291 e. The Hall–Kier alpha value is -3.23. The summed E-state index contributed by atoms with van der Waals surface area (Å²) in [7, 11) is 0. The fourth-order valence-electron chi connectivity index (χ4n) is 2.34. The summed E-state index contributed by atoms with van der Waals surface area (Å²) in [5.74, 6) is 0.439. The molecule has 0 aliphatic heterocycles. The van der Waals surface area contributed by atoms with Crippen LogP contribution in [0, 0.1) is 11.3 Å². The number of ether oxygens (including phenoxy) is 1. The van der Waals surface area contributed by atoms with Crippen molar-refractivity contribution in [3.8, 4) is 11.8 Å². The fraction of sp³-hybridized carbons (Fsp3) is 0.100. The monoisotopic (exact) mass is 366 g/mol. The van der Waals surface area contributed by atoms with Crippen molar-refractivity contribution in [2.75, 3.05) is 5.32 Å². The third-order valence-electron chi connectivity index (χ3n) is 3.66. The Morgan fingerprint density at radius 1 is 1.12 bits per heavy atom. The number of hydrogen-bond acceptors (Lipinski definition) is 4. The molecule has 1 heterocycles. The van der Waals surface area contributed by atoms with E-state index in [-0.39, 0.29) is 23.5 Å². The maximum atomic E-state index is 12.2. The number of rotatable bonds is 6. The van der Waals surface area contributed by atoms with Crippen LogP contribution in [0.3, 0.4) is 0 Å². The number of carbonyl (C=O) groups is 1. The molecule has 2 aromatic carbocycles. The lowest BCUT2D eigenvalue weighted by Crippen LogP contribution is -2.13. The Morgan fingerprint density at radius 3 is 2.58 bits per heavy atom. The summed E-state index contributed by atoms with van der Waals surface area (Å²) in [5.41, 5.74) is 2.38. The van der Waals surface area contributed by atoms with Gasteiger partial charge in [-0.1, -0.05) is 30.3 Å². The SMILES string of the molecule is N#CCc1ccc(OCc2ccccc2NC(=O)c2ccc(Cl)o2)cc1. The second kappa shape index (κ2) is 8.24. The number of carbonyl (C=O) groups excluding carboxylic acids is 1. The van der Waals surface area contributed by atoms with E-state index in [1.807, 2.05) is 42.5 Å². The standard InChI is InChI=1S/C20H15ClN2O3/c21-19-10-9-18(26-19)20(24)23-17-4-2-1-3-15(17)13-25-16-7-5-14(6-8-16)11-12-22/h1-10H,11,13H2,(H,23,24). The average molecular weight is 367 g/mol. The number of para-hydroxylation sites is 1. The van der Waals surface area contributed by atoms with Gasteiger partial charge in [0.2, 0.25) is 0 Å². The van der Waals surface area contributed by atoms with Crippen LogP contribution in [0.1, 0.15) is 21.7 Å². The van der Waals surface area contributed by atoms with E-state index in [9.17, 15) is 4.79 Å². The van der Waals surface area contributed by atoms with Gasteiger partial charge in [-0.15, -0.1) is 0 Å². The van der Waals surface area contributed by atoms with Gasteiger partial charge >= 0.3 is 0 Å². The number of hydrogen-bond donors (Lipinski definition) is 1. The second-order valence-corrected chi connectivity index (χ2v) is 5.86. The zero-order valence-electron chi connectivity index (χ0n) is 13.7. The van der Waals surface area contributed by atoms with Gasteiger partial charge in [-0.2, -0.15) is 5.26 Å². The highest BCUT2D eigenvalue weighted by Crippen LogP contribution is 2.21. The molecule has 0 radical (unpaired) electrons. The van der Waals surface area contributed by atoms with Gasteiger partial charge in [0.15, 0.2) is 11.0 Å². The third kappa shape index (κ3) is 4.44. The molecule has 0 saturated heterocycles. The number of nitrogens with zero attached hydrogens (tertiary/aromatic N) is 1. The first-order chi connectivity index (χ1) is 12.7. The van der Waals surface area contributed by atoms with Crippen LogP contribution in [-0.2, 0) is 13.0 Å². The maximum absolute atomic E-state index is 12.2. The number of benzene rings is 2. The van der Waals surface area contributed by atoms with E-state index in [1.54, 1.807) is 6.07 Å². The molecule has 0 aliphatic rings. The normalized spacial score (nSPS) is 10.2. The van der Waals surface area contributed by atoms with Gasteiger partial charge in [-0.3, -0.25) is 4.79 Å². The number of halogens is 1. The second-order valence-electron chi connectivity index (χ2n) is 5.48. The van der Waals surface area contributed by atoms with Crippen molar-refractivity contribution in [3.63, 3.8) is 0 Å². The van der Waals surface area contributed by atoms with Crippen molar-refractivity contribution in [1.29, 1.82) is 5.26 Å². The molecule has 0 spiro atoms. The summed E-state index contributed by atoms with van der Waals surface area (Å²) >= 11 is 5.70. The van der Waals surface area contributed by atoms with Crippen LogP contribution in [0.4, 0.5) is 5.69 Å². The minimum Gasteiger partial charge on any atom is -0.489 e. The van der Waals surface area contributed by atoms with Gasteiger partial charge in [0.25, 0.3) is 5.91 Å². The number of furan rings is 1. The molecule has 1 amide bonds. The van der Waals surface area contributed by atoms with Crippen molar-refractivity contribution in [1.82, 2.24) is 0 Å². The molecule has 0 aliphatic carbocycles. The summed E-state index contributed by atoms with van der Waals surface area (Å²) in [4.78, 5) is 12.2. The van der Waals surface area contributed by atoms with Crippen molar-refractivity contribution >= 4 is 23.2 Å². The lowest BCUT2D eigenvalue weighted by molar-refractivity contribution is 0.0996. The number of nitrogens with one attached hydrogen (secondary N) is 1. The van der Waals surface area contributed by atoms with Crippen LogP contribution < -0.4 is 10.1 Å². The molecular formula is C20H15ClN2O3. The molecule has 0 bridgehead atoms. The zero-order valence-corrected chi connectivity index (χ0v) is 14.5. The highest BCUT2D eigenvalue weighted by atomic mass is 35.5. The predicted molar refractivity (Wildman–Crippen MR) is 98.2 cm³/mol. The topological polar surface area (TPSA) is 75.3 Å². The lowest BCUT2D eigenvalue weighted by Gasteiger charge is -2.12. The van der Waals surface area contributed by atoms with Crippen LogP contribution in [0.25, 0.3) is 0 Å². The highest BCUT2D eigenvalue weighted by molar-refractivity contribution is 6.29. The van der Waals surface area contributed by atoms with Crippen LogP contribution in [0.2, 0.25) is 5.22 Å². The van der Waals surface area contributed by atoms with E-state index in [1.165, 1.54) is 12.1 Å². The molecule has 3 aromatic rings. The quantitative estimate of drug-likeness (QED) is 0.677. The molecule has 130 valence electrons. The van der Waals surface area contributed by atoms with E-state index in [0.717, 1.165) is 11.1 Å².